The molecule has 2 unspecified atom stereocenters. The van der Waals surface area contributed by atoms with Gasteiger partial charge in [-0.05, 0) is 73.5 Å². The Labute approximate surface area is 197 Å². The van der Waals surface area contributed by atoms with Gasteiger partial charge in [-0.15, -0.1) is 0 Å². The Kier molecular flexibility index (Phi) is 5.64. The predicted octanol–water partition coefficient (Wildman–Crippen LogP) is 7.00. The molecule has 1 fully saturated rings. The zero-order chi connectivity index (χ0) is 23.1. The van der Waals surface area contributed by atoms with Crippen LogP contribution in [-0.4, -0.2) is 16.7 Å². The highest BCUT2D eigenvalue weighted by atomic mass is 35.5. The van der Waals surface area contributed by atoms with Gasteiger partial charge in [0.05, 0.1) is 12.1 Å². The lowest BCUT2D eigenvalue weighted by atomic mass is 9.79. The van der Waals surface area contributed by atoms with E-state index in [9.17, 15) is 9.90 Å². The van der Waals surface area contributed by atoms with Crippen LogP contribution in [0.1, 0.15) is 25.8 Å². The summed E-state index contributed by atoms with van der Waals surface area (Å²) in [6, 6.07) is 20.1. The average molecular weight is 466 g/mol. The highest BCUT2D eigenvalue weighted by Crippen LogP contribution is 2.52. The predicted molar refractivity (Wildman–Crippen MR) is 129 cm³/mol. The quantitative estimate of drug-likeness (QED) is 0.421. The molecule has 0 aliphatic carbocycles. The minimum Gasteiger partial charge on any atom is -0.365 e. The summed E-state index contributed by atoms with van der Waals surface area (Å²) in [5.74, 6) is 0. The molecule has 162 valence electrons. The minimum absolute atomic E-state index is 0.378. The van der Waals surface area contributed by atoms with Crippen molar-refractivity contribution in [3.8, 4) is 0 Å². The van der Waals surface area contributed by atoms with Gasteiger partial charge in [0.2, 0.25) is 0 Å². The summed E-state index contributed by atoms with van der Waals surface area (Å²) in [4.78, 5) is 20.5. The molecule has 1 heterocycles. The van der Waals surface area contributed by atoms with E-state index in [1.165, 1.54) is 4.90 Å². The van der Waals surface area contributed by atoms with Crippen LogP contribution in [0, 0.1) is 6.57 Å². The average Bonchev–Trinajstić information content (AvgIpc) is 2.99. The van der Waals surface area contributed by atoms with Gasteiger partial charge in [-0.1, -0.05) is 48.3 Å². The van der Waals surface area contributed by atoms with Crippen molar-refractivity contribution in [3.05, 3.63) is 99.8 Å². The number of amides is 2. The maximum Gasteiger partial charge on any atom is 0.332 e. The van der Waals surface area contributed by atoms with Crippen LogP contribution in [0.3, 0.4) is 0 Å². The molecular weight excluding hydrogens is 445 g/mol. The van der Waals surface area contributed by atoms with Crippen LogP contribution in [0.2, 0.25) is 10.0 Å². The van der Waals surface area contributed by atoms with E-state index in [1.54, 1.807) is 77.7 Å². The summed E-state index contributed by atoms with van der Waals surface area (Å²) in [6.45, 7) is 11.2. The van der Waals surface area contributed by atoms with E-state index in [4.69, 9.17) is 29.8 Å². The fourth-order valence-corrected chi connectivity index (χ4v) is 4.61. The van der Waals surface area contributed by atoms with Crippen LogP contribution in [0.15, 0.2) is 72.8 Å². The molecule has 4 rings (SSSR count). The van der Waals surface area contributed by atoms with Crippen LogP contribution < -0.4 is 9.80 Å². The van der Waals surface area contributed by atoms with Gasteiger partial charge in [-0.25, -0.2) is 9.64 Å². The number of hydrogen-bond acceptors (Lipinski definition) is 2. The fourth-order valence-electron chi connectivity index (χ4n) is 4.36. The highest BCUT2D eigenvalue weighted by molar-refractivity contribution is 6.31. The molecular formula is C25H21Cl2N3O2. The van der Waals surface area contributed by atoms with E-state index in [0.717, 1.165) is 0 Å². The van der Waals surface area contributed by atoms with Crippen molar-refractivity contribution in [2.75, 3.05) is 9.80 Å². The van der Waals surface area contributed by atoms with Crippen LogP contribution in [0.25, 0.3) is 4.85 Å². The number of hydrogen-bond donors (Lipinski definition) is 1. The van der Waals surface area contributed by atoms with Crippen LogP contribution in [-0.2, 0) is 5.72 Å². The smallest absolute Gasteiger partial charge is 0.332 e. The second-order valence-electron chi connectivity index (χ2n) is 7.87. The molecule has 0 radical (unpaired) electrons. The molecule has 2 amide bonds. The number of nitrogens with zero attached hydrogens (tertiary/aromatic N) is 3. The fraction of sp³-hybridized carbons (Fsp3) is 0.200. The summed E-state index contributed by atoms with van der Waals surface area (Å²) >= 11 is 12.2. The Morgan fingerprint density at radius 3 is 1.97 bits per heavy atom. The van der Waals surface area contributed by atoms with E-state index in [1.807, 2.05) is 13.8 Å². The minimum atomic E-state index is -1.77. The lowest BCUT2D eigenvalue weighted by molar-refractivity contribution is -0.0117. The van der Waals surface area contributed by atoms with E-state index in [-0.39, 0.29) is 0 Å². The van der Waals surface area contributed by atoms with E-state index in [0.29, 0.717) is 39.1 Å². The van der Waals surface area contributed by atoms with Crippen molar-refractivity contribution >= 4 is 46.3 Å². The number of anilines is 2. The maximum absolute atomic E-state index is 14.0. The summed E-state index contributed by atoms with van der Waals surface area (Å²) < 4.78 is 0. The molecule has 0 spiro atoms. The summed E-state index contributed by atoms with van der Waals surface area (Å²) in [5, 5.41) is 13.5. The maximum atomic E-state index is 14.0. The first-order chi connectivity index (χ1) is 15.3. The number of carbonyl (C=O) groups is 1. The van der Waals surface area contributed by atoms with Gasteiger partial charge in [0.25, 0.3) is 0 Å². The first-order valence-electron chi connectivity index (χ1n) is 10.1. The Balaban J connectivity index is 2.01. The van der Waals surface area contributed by atoms with Gasteiger partial charge in [-0.2, -0.15) is 0 Å². The Morgan fingerprint density at radius 1 is 0.938 bits per heavy atom. The number of halogens is 2. The summed E-state index contributed by atoms with van der Waals surface area (Å²) in [7, 11) is 0. The van der Waals surface area contributed by atoms with Crippen molar-refractivity contribution in [2.24, 2.45) is 0 Å². The summed E-state index contributed by atoms with van der Waals surface area (Å²) in [6.07, 6.45) is 0.435. The Morgan fingerprint density at radius 2 is 1.47 bits per heavy atom. The molecule has 3 aromatic rings. The molecule has 1 N–H and O–H groups in total. The molecule has 5 nitrogen and oxygen atoms in total. The number of rotatable bonds is 4. The third-order valence-electron chi connectivity index (χ3n) is 6.19. The molecule has 2 atom stereocenters. The molecule has 3 aromatic carbocycles. The monoisotopic (exact) mass is 465 g/mol. The molecule has 0 bridgehead atoms. The molecule has 0 saturated carbocycles. The number of aliphatic hydroxyl groups is 1. The lowest BCUT2D eigenvalue weighted by Crippen LogP contribution is -2.57. The van der Waals surface area contributed by atoms with E-state index >= 15 is 0 Å². The van der Waals surface area contributed by atoms with Crippen LogP contribution in [0.5, 0.6) is 0 Å². The highest BCUT2D eigenvalue weighted by Gasteiger charge is 2.65. The Bertz CT molecular complexity index is 1210. The second-order valence-corrected chi connectivity index (χ2v) is 8.74. The van der Waals surface area contributed by atoms with Crippen molar-refractivity contribution in [3.63, 3.8) is 0 Å². The molecule has 1 aliphatic rings. The normalized spacial score (nSPS) is 22.8. The Hall–Kier alpha value is -3.04. The van der Waals surface area contributed by atoms with Crippen molar-refractivity contribution in [1.29, 1.82) is 0 Å². The van der Waals surface area contributed by atoms with Gasteiger partial charge in [0, 0.05) is 21.4 Å². The lowest BCUT2D eigenvalue weighted by Gasteiger charge is -2.44. The van der Waals surface area contributed by atoms with Gasteiger partial charge in [0.1, 0.15) is 0 Å². The second kappa shape index (κ2) is 8.14. The van der Waals surface area contributed by atoms with Crippen molar-refractivity contribution < 1.29 is 9.90 Å². The van der Waals surface area contributed by atoms with Gasteiger partial charge >= 0.3 is 6.03 Å². The number of benzene rings is 3. The molecule has 7 heteroatoms. The largest absolute Gasteiger partial charge is 0.365 e. The van der Waals surface area contributed by atoms with Gasteiger partial charge < -0.3 is 5.11 Å². The summed E-state index contributed by atoms with van der Waals surface area (Å²) in [5.41, 5.74) is -0.908. The first-order valence-corrected chi connectivity index (χ1v) is 10.9. The third-order valence-corrected chi connectivity index (χ3v) is 6.69. The topological polar surface area (TPSA) is 48.1 Å². The van der Waals surface area contributed by atoms with Crippen LogP contribution in [0.4, 0.5) is 21.9 Å². The number of urea groups is 1. The van der Waals surface area contributed by atoms with Gasteiger partial charge in [0.15, 0.2) is 11.4 Å². The molecule has 0 aromatic heterocycles. The van der Waals surface area contributed by atoms with Crippen LogP contribution >= 0.6 is 23.2 Å². The van der Waals surface area contributed by atoms with Crippen molar-refractivity contribution in [1.82, 2.24) is 0 Å². The van der Waals surface area contributed by atoms with E-state index < -0.39 is 17.3 Å². The SMILES string of the molecule is [C-]#[N+]c1cccc(C2(O)N(c3ccc(Cl)cc3)C(=O)N(c3ccc(Cl)cc3)C2(C)CC)c1. The standard InChI is InChI=1S/C25H21Cl2N3O2/c1-4-24(2)25(32,17-6-5-7-20(16-17)28-3)30(22-14-10-19(27)11-15-22)23(31)29(24)21-12-8-18(26)9-13-21/h5-16,32H,4H2,1-2H3. The zero-order valence-corrected chi connectivity index (χ0v) is 19.1. The zero-order valence-electron chi connectivity index (χ0n) is 17.6. The van der Waals surface area contributed by atoms with Crippen molar-refractivity contribution in [2.45, 2.75) is 31.5 Å². The van der Waals surface area contributed by atoms with Gasteiger partial charge in [-0.3, -0.25) is 9.80 Å². The third kappa shape index (κ3) is 3.23. The number of carbonyl (C=O) groups excluding carboxylic acids is 1. The molecule has 32 heavy (non-hydrogen) atoms. The van der Waals surface area contributed by atoms with E-state index in [2.05, 4.69) is 4.85 Å². The first kappa shape index (κ1) is 22.2. The molecule has 1 aliphatic heterocycles. The molecule has 1 saturated heterocycles.